The lowest BCUT2D eigenvalue weighted by Crippen LogP contribution is -2.37. The van der Waals surface area contributed by atoms with Gasteiger partial charge in [0.05, 0.1) is 8.48 Å². The average molecular weight is 620 g/mol. The maximum Gasteiger partial charge on any atom is 0.326 e. The molecule has 1 aliphatic rings. The highest BCUT2D eigenvalue weighted by Crippen LogP contribution is 2.33. The summed E-state index contributed by atoms with van der Waals surface area (Å²) in [4.78, 5) is 38.1. The molecule has 2 amide bonds. The average Bonchev–Trinajstić information content (AvgIpc) is 2.94. The normalized spacial score (nSPS) is 15.3. The maximum atomic E-state index is 12.6. The van der Waals surface area contributed by atoms with E-state index in [9.17, 15) is 14.4 Å². The van der Waals surface area contributed by atoms with E-state index in [-0.39, 0.29) is 11.5 Å². The molecule has 33 heavy (non-hydrogen) atoms. The SMILES string of the molecule is CC(C)(C)OC(=O)CN1C(=O)SC(=Cc2ccc(OCc3ccc(Cl)cc3Cl)c(I)c2)C1=O. The van der Waals surface area contributed by atoms with Crippen molar-refractivity contribution in [1.29, 1.82) is 0 Å². The van der Waals surface area contributed by atoms with Gasteiger partial charge in [0.15, 0.2) is 0 Å². The Labute approximate surface area is 219 Å². The zero-order chi connectivity index (χ0) is 24.3. The number of imide groups is 1. The molecule has 3 rings (SSSR count). The van der Waals surface area contributed by atoms with Gasteiger partial charge in [-0.25, -0.2) is 0 Å². The number of thioether (sulfide) groups is 1. The molecule has 0 spiro atoms. The van der Waals surface area contributed by atoms with Crippen molar-refractivity contribution in [2.45, 2.75) is 33.0 Å². The Morgan fingerprint density at radius 1 is 1.15 bits per heavy atom. The first kappa shape index (κ1) is 25.9. The van der Waals surface area contributed by atoms with Crippen LogP contribution in [0.4, 0.5) is 4.79 Å². The smallest absolute Gasteiger partial charge is 0.326 e. The molecular formula is C23H20Cl2INO5S. The number of esters is 1. The molecule has 1 heterocycles. The van der Waals surface area contributed by atoms with Gasteiger partial charge in [-0.3, -0.25) is 19.3 Å². The topological polar surface area (TPSA) is 72.9 Å². The minimum atomic E-state index is -0.700. The van der Waals surface area contributed by atoms with Crippen LogP contribution in [0.1, 0.15) is 31.9 Å². The molecule has 0 bridgehead atoms. The Kier molecular flexibility index (Phi) is 8.36. The van der Waals surface area contributed by atoms with Crippen LogP contribution in [0.2, 0.25) is 10.0 Å². The standard InChI is InChI=1S/C23H20Cl2INO5S/c1-23(2,3)32-20(28)11-27-21(29)19(33-22(27)30)9-13-4-7-18(17(26)8-13)31-12-14-5-6-15(24)10-16(14)25/h4-10H,11-12H2,1-3H3. The predicted octanol–water partition coefficient (Wildman–Crippen LogP) is 6.56. The molecule has 1 saturated heterocycles. The highest BCUT2D eigenvalue weighted by Gasteiger charge is 2.37. The summed E-state index contributed by atoms with van der Waals surface area (Å²) < 4.78 is 11.9. The van der Waals surface area contributed by atoms with Crippen LogP contribution in [0.25, 0.3) is 6.08 Å². The summed E-state index contributed by atoms with van der Waals surface area (Å²) in [7, 11) is 0. The number of rotatable bonds is 6. The van der Waals surface area contributed by atoms with Crippen molar-refractivity contribution < 1.29 is 23.9 Å². The number of halogens is 3. The summed E-state index contributed by atoms with van der Waals surface area (Å²) in [6.07, 6.45) is 1.61. The lowest BCUT2D eigenvalue weighted by Gasteiger charge is -2.21. The van der Waals surface area contributed by atoms with Crippen LogP contribution in [-0.2, 0) is 20.9 Å². The van der Waals surface area contributed by atoms with Crippen LogP contribution in [0, 0.1) is 3.57 Å². The number of hydrogen-bond acceptors (Lipinski definition) is 6. The second-order valence-electron chi connectivity index (χ2n) is 8.07. The number of carbonyl (C=O) groups excluding carboxylic acids is 3. The monoisotopic (exact) mass is 619 g/mol. The van der Waals surface area contributed by atoms with Gasteiger partial charge >= 0.3 is 5.97 Å². The van der Waals surface area contributed by atoms with Crippen LogP contribution >= 0.6 is 57.6 Å². The molecule has 0 radical (unpaired) electrons. The van der Waals surface area contributed by atoms with Gasteiger partial charge in [-0.05, 0) is 91.0 Å². The molecule has 0 aliphatic carbocycles. The molecule has 2 aromatic carbocycles. The molecule has 0 saturated carbocycles. The Hall–Kier alpha value is -1.75. The molecule has 2 aromatic rings. The van der Waals surface area contributed by atoms with E-state index in [2.05, 4.69) is 22.6 Å². The Morgan fingerprint density at radius 2 is 1.88 bits per heavy atom. The molecule has 10 heteroatoms. The molecule has 0 atom stereocenters. The van der Waals surface area contributed by atoms with Crippen molar-refractivity contribution in [3.8, 4) is 5.75 Å². The second-order valence-corrected chi connectivity index (χ2v) is 11.1. The van der Waals surface area contributed by atoms with Gasteiger partial charge in [0.1, 0.15) is 24.5 Å². The van der Waals surface area contributed by atoms with Crippen LogP contribution in [0.3, 0.4) is 0 Å². The van der Waals surface area contributed by atoms with Crippen LogP contribution in [0.15, 0.2) is 41.3 Å². The fourth-order valence-corrected chi connectivity index (χ4v) is 4.81. The van der Waals surface area contributed by atoms with Gasteiger partial charge in [0.2, 0.25) is 0 Å². The van der Waals surface area contributed by atoms with Crippen molar-refractivity contribution in [2.24, 2.45) is 0 Å². The maximum absolute atomic E-state index is 12.6. The summed E-state index contributed by atoms with van der Waals surface area (Å²) in [6.45, 7) is 5.01. The van der Waals surface area contributed by atoms with Crippen LogP contribution in [0.5, 0.6) is 5.75 Å². The molecular weight excluding hydrogens is 600 g/mol. The lowest BCUT2D eigenvalue weighted by molar-refractivity contribution is -0.156. The van der Waals surface area contributed by atoms with Gasteiger partial charge in [0, 0.05) is 15.6 Å². The molecule has 6 nitrogen and oxygen atoms in total. The quantitative estimate of drug-likeness (QED) is 0.207. The van der Waals surface area contributed by atoms with E-state index in [1.54, 1.807) is 57.2 Å². The Balaban J connectivity index is 1.68. The van der Waals surface area contributed by atoms with Crippen molar-refractivity contribution >= 4 is 80.7 Å². The van der Waals surface area contributed by atoms with Crippen molar-refractivity contribution in [2.75, 3.05) is 6.54 Å². The predicted molar refractivity (Wildman–Crippen MR) is 138 cm³/mol. The molecule has 0 aromatic heterocycles. The van der Waals surface area contributed by atoms with Crippen molar-refractivity contribution in [3.63, 3.8) is 0 Å². The molecule has 174 valence electrons. The molecule has 1 aliphatic heterocycles. The van der Waals surface area contributed by atoms with E-state index in [0.29, 0.717) is 15.8 Å². The number of benzene rings is 2. The van der Waals surface area contributed by atoms with E-state index in [1.165, 1.54) is 0 Å². The first-order valence-electron chi connectivity index (χ1n) is 9.76. The highest BCUT2D eigenvalue weighted by atomic mass is 127. The second kappa shape index (κ2) is 10.7. The lowest BCUT2D eigenvalue weighted by atomic mass is 10.2. The van der Waals surface area contributed by atoms with Gasteiger partial charge in [-0.1, -0.05) is 35.3 Å². The number of nitrogens with zero attached hydrogens (tertiary/aromatic N) is 1. The molecule has 0 unspecified atom stereocenters. The summed E-state index contributed by atoms with van der Waals surface area (Å²) in [5.41, 5.74) is 0.826. The Bertz CT molecular complexity index is 1150. The summed E-state index contributed by atoms with van der Waals surface area (Å²) in [5.74, 6) is -0.511. The largest absolute Gasteiger partial charge is 0.488 e. The van der Waals surface area contributed by atoms with E-state index in [0.717, 1.165) is 31.4 Å². The minimum absolute atomic E-state index is 0.237. The zero-order valence-corrected chi connectivity index (χ0v) is 22.5. The number of ether oxygens (including phenoxy) is 2. The third kappa shape index (κ3) is 7.11. The van der Waals surface area contributed by atoms with E-state index in [1.807, 2.05) is 6.07 Å². The van der Waals surface area contributed by atoms with Gasteiger partial charge in [-0.2, -0.15) is 0 Å². The van der Waals surface area contributed by atoms with Crippen molar-refractivity contribution in [1.82, 2.24) is 4.90 Å². The summed E-state index contributed by atoms with van der Waals surface area (Å²) in [5, 5.41) is 0.570. The number of carbonyl (C=O) groups is 3. The minimum Gasteiger partial charge on any atom is -0.488 e. The summed E-state index contributed by atoms with van der Waals surface area (Å²) in [6, 6.07) is 10.6. The third-order valence-electron chi connectivity index (χ3n) is 4.23. The summed E-state index contributed by atoms with van der Waals surface area (Å²) >= 11 is 15.0. The molecule has 0 N–H and O–H groups in total. The first-order chi connectivity index (χ1) is 15.4. The zero-order valence-electron chi connectivity index (χ0n) is 18.0. The Morgan fingerprint density at radius 3 is 2.52 bits per heavy atom. The van der Waals surface area contributed by atoms with E-state index >= 15 is 0 Å². The fraction of sp³-hybridized carbons (Fsp3) is 0.261. The molecule has 1 fully saturated rings. The number of amides is 2. The van der Waals surface area contributed by atoms with Crippen LogP contribution < -0.4 is 4.74 Å². The van der Waals surface area contributed by atoms with Gasteiger partial charge in [0.25, 0.3) is 11.1 Å². The van der Waals surface area contributed by atoms with Crippen molar-refractivity contribution in [3.05, 3.63) is 66.0 Å². The fourth-order valence-electron chi connectivity index (χ4n) is 2.81. The first-order valence-corrected chi connectivity index (χ1v) is 12.4. The highest BCUT2D eigenvalue weighted by molar-refractivity contribution is 14.1. The third-order valence-corrected chi connectivity index (χ3v) is 6.57. The van der Waals surface area contributed by atoms with Gasteiger partial charge in [-0.15, -0.1) is 0 Å². The van der Waals surface area contributed by atoms with Gasteiger partial charge < -0.3 is 9.47 Å². The number of hydrogen-bond donors (Lipinski definition) is 0. The van der Waals surface area contributed by atoms with Crippen LogP contribution in [-0.4, -0.2) is 34.2 Å². The van der Waals surface area contributed by atoms with E-state index in [4.69, 9.17) is 32.7 Å². The van der Waals surface area contributed by atoms with E-state index < -0.39 is 29.3 Å².